The molecule has 0 fully saturated rings. The average molecular weight is 331 g/mol. The van der Waals surface area contributed by atoms with Gasteiger partial charge in [0.05, 0.1) is 0 Å². The minimum Gasteiger partial charge on any atom is -0.320 e. The Morgan fingerprint density at radius 1 is 0.960 bits per heavy atom. The van der Waals surface area contributed by atoms with Gasteiger partial charge in [-0.15, -0.1) is 0 Å². The summed E-state index contributed by atoms with van der Waals surface area (Å²) in [7, 11) is 0. The smallest absolute Gasteiger partial charge is 0.293 e. The largest absolute Gasteiger partial charge is 0.320 e. The molecule has 0 spiro atoms. The summed E-state index contributed by atoms with van der Waals surface area (Å²) in [5.41, 5.74) is 4.20. The highest BCUT2D eigenvalue weighted by atomic mass is 16.2. The number of nitrogens with one attached hydrogen (secondary N) is 1. The number of rotatable bonds is 5. The summed E-state index contributed by atoms with van der Waals surface area (Å²) >= 11 is 0. The van der Waals surface area contributed by atoms with E-state index in [0.29, 0.717) is 0 Å². The lowest BCUT2D eigenvalue weighted by molar-refractivity contribution is -0.705. The highest BCUT2D eigenvalue weighted by Gasteiger charge is 2.22. The zero-order valence-corrected chi connectivity index (χ0v) is 14.6. The predicted octanol–water partition coefficient (Wildman–Crippen LogP) is 4.40. The van der Waals surface area contributed by atoms with E-state index in [-0.39, 0.29) is 11.9 Å². The molecule has 126 valence electrons. The Hall–Kier alpha value is -2.94. The highest BCUT2D eigenvalue weighted by Crippen LogP contribution is 2.27. The summed E-state index contributed by atoms with van der Waals surface area (Å²) in [5, 5.41) is 3.08. The van der Waals surface area contributed by atoms with Crippen LogP contribution in [0.25, 0.3) is 11.1 Å². The van der Waals surface area contributed by atoms with Crippen molar-refractivity contribution >= 4 is 11.6 Å². The van der Waals surface area contributed by atoms with Crippen LogP contribution >= 0.6 is 0 Å². The quantitative estimate of drug-likeness (QED) is 0.691. The molecule has 0 unspecified atom stereocenters. The van der Waals surface area contributed by atoms with Gasteiger partial charge in [-0.05, 0) is 23.6 Å². The second-order valence-corrected chi connectivity index (χ2v) is 6.08. The molecule has 1 heterocycles. The lowest BCUT2D eigenvalue weighted by atomic mass is 10.0. The topological polar surface area (TPSA) is 33.0 Å². The van der Waals surface area contributed by atoms with Crippen LogP contribution in [0.5, 0.6) is 0 Å². The molecule has 0 bridgehead atoms. The number of aromatic nitrogens is 1. The molecule has 0 aliphatic rings. The van der Waals surface area contributed by atoms with Crippen molar-refractivity contribution in [1.29, 1.82) is 0 Å². The van der Waals surface area contributed by atoms with Crippen LogP contribution in [0.3, 0.4) is 0 Å². The standard InChI is InChI=1S/C22H22N2O/c1-3-18-13-15-24(16-14-18)17(2)22(25)23-21-12-8-7-11-20(21)19-9-5-4-6-10-19/h4-17H,3H2,1-2H3/p+1/t17-/m1/s1. The zero-order chi connectivity index (χ0) is 17.6. The van der Waals surface area contributed by atoms with Gasteiger partial charge in [0.25, 0.3) is 5.91 Å². The van der Waals surface area contributed by atoms with Crippen molar-refractivity contribution in [3.8, 4) is 11.1 Å². The molecule has 0 radical (unpaired) electrons. The van der Waals surface area contributed by atoms with E-state index in [2.05, 4.69) is 24.4 Å². The number of carbonyl (C=O) groups is 1. The van der Waals surface area contributed by atoms with Gasteiger partial charge in [0.15, 0.2) is 12.4 Å². The van der Waals surface area contributed by atoms with Gasteiger partial charge >= 0.3 is 0 Å². The van der Waals surface area contributed by atoms with E-state index in [0.717, 1.165) is 23.2 Å². The number of nitrogens with zero attached hydrogens (tertiary/aromatic N) is 1. The molecule has 1 N–H and O–H groups in total. The second kappa shape index (κ2) is 7.75. The fourth-order valence-electron chi connectivity index (χ4n) is 2.80. The fraction of sp³-hybridized carbons (Fsp3) is 0.182. The van der Waals surface area contributed by atoms with Crippen LogP contribution in [-0.2, 0) is 11.2 Å². The number of pyridine rings is 1. The highest BCUT2D eigenvalue weighted by molar-refractivity contribution is 5.96. The molecule has 25 heavy (non-hydrogen) atoms. The van der Waals surface area contributed by atoms with Crippen molar-refractivity contribution in [1.82, 2.24) is 0 Å². The molecule has 3 rings (SSSR count). The summed E-state index contributed by atoms with van der Waals surface area (Å²) in [5.74, 6) is -0.0300. The van der Waals surface area contributed by atoms with E-state index in [9.17, 15) is 4.79 Å². The van der Waals surface area contributed by atoms with Crippen LogP contribution < -0.4 is 9.88 Å². The Morgan fingerprint density at radius 3 is 2.28 bits per heavy atom. The maximum atomic E-state index is 12.7. The summed E-state index contributed by atoms with van der Waals surface area (Å²) in [4.78, 5) is 12.7. The van der Waals surface area contributed by atoms with E-state index in [4.69, 9.17) is 0 Å². The van der Waals surface area contributed by atoms with Crippen molar-refractivity contribution < 1.29 is 9.36 Å². The normalized spacial score (nSPS) is 11.8. The van der Waals surface area contributed by atoms with Crippen molar-refractivity contribution in [3.63, 3.8) is 0 Å². The molecule has 1 atom stereocenters. The zero-order valence-electron chi connectivity index (χ0n) is 14.6. The second-order valence-electron chi connectivity index (χ2n) is 6.08. The summed E-state index contributed by atoms with van der Waals surface area (Å²) in [6.45, 7) is 4.03. The Balaban J connectivity index is 1.81. The molecular weight excluding hydrogens is 308 g/mol. The minimum atomic E-state index is -0.283. The van der Waals surface area contributed by atoms with Crippen LogP contribution in [0, 0.1) is 0 Å². The molecular formula is C22H23N2O+. The Kier molecular flexibility index (Phi) is 5.24. The van der Waals surface area contributed by atoms with Crippen molar-refractivity contribution in [3.05, 3.63) is 84.7 Å². The maximum Gasteiger partial charge on any atom is 0.293 e. The third-order valence-electron chi connectivity index (χ3n) is 4.43. The van der Waals surface area contributed by atoms with Crippen LogP contribution in [-0.4, -0.2) is 5.91 Å². The monoisotopic (exact) mass is 331 g/mol. The van der Waals surface area contributed by atoms with E-state index in [1.165, 1.54) is 5.56 Å². The van der Waals surface area contributed by atoms with Crippen LogP contribution in [0.1, 0.15) is 25.5 Å². The van der Waals surface area contributed by atoms with Gasteiger partial charge in [0.2, 0.25) is 6.04 Å². The van der Waals surface area contributed by atoms with Gasteiger partial charge in [0, 0.05) is 30.3 Å². The van der Waals surface area contributed by atoms with Gasteiger partial charge < -0.3 is 5.32 Å². The van der Waals surface area contributed by atoms with Crippen molar-refractivity contribution in [2.24, 2.45) is 0 Å². The van der Waals surface area contributed by atoms with Gasteiger partial charge in [0.1, 0.15) is 0 Å². The lowest BCUT2D eigenvalue weighted by Crippen LogP contribution is -2.44. The predicted molar refractivity (Wildman–Crippen MR) is 101 cm³/mol. The number of benzene rings is 2. The summed E-state index contributed by atoms with van der Waals surface area (Å²) in [6.07, 6.45) is 4.92. The Labute approximate surface area is 149 Å². The van der Waals surface area contributed by atoms with E-state index >= 15 is 0 Å². The van der Waals surface area contributed by atoms with Gasteiger partial charge in [-0.2, -0.15) is 4.57 Å². The number of hydrogen-bond acceptors (Lipinski definition) is 1. The first-order valence-corrected chi connectivity index (χ1v) is 8.64. The number of hydrogen-bond donors (Lipinski definition) is 1. The maximum absolute atomic E-state index is 12.7. The third kappa shape index (κ3) is 3.94. The molecule has 0 saturated heterocycles. The molecule has 3 nitrogen and oxygen atoms in total. The third-order valence-corrected chi connectivity index (χ3v) is 4.43. The number of carbonyl (C=O) groups excluding carboxylic acids is 1. The number of aryl methyl sites for hydroxylation is 1. The van der Waals surface area contributed by atoms with Crippen LogP contribution in [0.4, 0.5) is 5.69 Å². The minimum absolute atomic E-state index is 0.0300. The summed E-state index contributed by atoms with van der Waals surface area (Å²) in [6, 6.07) is 21.8. The number of amides is 1. The molecule has 3 heteroatoms. The average Bonchev–Trinajstić information content (AvgIpc) is 2.68. The SMILES string of the molecule is CCc1cc[n+]([C@H](C)C(=O)Nc2ccccc2-c2ccccc2)cc1. The first kappa shape index (κ1) is 16.9. The van der Waals surface area contributed by atoms with Crippen molar-refractivity contribution in [2.75, 3.05) is 5.32 Å². The molecule has 1 aromatic heterocycles. The first-order chi connectivity index (χ1) is 12.2. The van der Waals surface area contributed by atoms with Crippen LogP contribution in [0.2, 0.25) is 0 Å². The van der Waals surface area contributed by atoms with E-state index in [1.54, 1.807) is 0 Å². The lowest BCUT2D eigenvalue weighted by Gasteiger charge is -2.13. The summed E-state index contributed by atoms with van der Waals surface area (Å²) < 4.78 is 1.93. The Morgan fingerprint density at radius 2 is 1.60 bits per heavy atom. The molecule has 2 aromatic carbocycles. The number of anilines is 1. The first-order valence-electron chi connectivity index (χ1n) is 8.64. The Bertz CT molecular complexity index is 841. The molecule has 0 saturated carbocycles. The molecule has 1 amide bonds. The fourth-order valence-corrected chi connectivity index (χ4v) is 2.80. The van der Waals surface area contributed by atoms with Gasteiger partial charge in [-0.3, -0.25) is 4.79 Å². The molecule has 0 aliphatic carbocycles. The van der Waals surface area contributed by atoms with E-state index < -0.39 is 0 Å². The van der Waals surface area contributed by atoms with E-state index in [1.807, 2.05) is 78.5 Å². The number of para-hydroxylation sites is 1. The van der Waals surface area contributed by atoms with Crippen molar-refractivity contribution in [2.45, 2.75) is 26.3 Å². The van der Waals surface area contributed by atoms with Crippen LogP contribution in [0.15, 0.2) is 79.1 Å². The molecule has 3 aromatic rings. The molecule has 0 aliphatic heterocycles. The van der Waals surface area contributed by atoms with Gasteiger partial charge in [-0.25, -0.2) is 0 Å². The van der Waals surface area contributed by atoms with Gasteiger partial charge in [-0.1, -0.05) is 55.5 Å².